The first kappa shape index (κ1) is 16.4. The van der Waals surface area contributed by atoms with Crippen LogP contribution in [0.5, 0.6) is 0 Å². The van der Waals surface area contributed by atoms with Gasteiger partial charge in [-0.2, -0.15) is 0 Å². The Morgan fingerprint density at radius 3 is 2.53 bits per heavy atom. The lowest BCUT2D eigenvalue weighted by atomic mass is 9.88. The molecule has 5 nitrogen and oxygen atoms in total. The zero-order valence-corrected chi connectivity index (χ0v) is 11.4. The molecule has 1 unspecified atom stereocenters. The summed E-state index contributed by atoms with van der Waals surface area (Å²) in [5, 5.41) is 2.75. The van der Waals surface area contributed by atoms with Gasteiger partial charge in [0.15, 0.2) is 0 Å². The van der Waals surface area contributed by atoms with Crippen molar-refractivity contribution in [3.8, 4) is 0 Å². The highest BCUT2D eigenvalue weighted by Crippen LogP contribution is 2.19. The third kappa shape index (κ3) is 11.6. The minimum Gasteiger partial charge on any atom is -0.382 e. The molecule has 0 fully saturated rings. The number of rotatable bonds is 8. The molecule has 0 aromatic rings. The van der Waals surface area contributed by atoms with E-state index in [1.807, 2.05) is 0 Å². The molecule has 17 heavy (non-hydrogen) atoms. The molecule has 102 valence electrons. The van der Waals surface area contributed by atoms with E-state index in [0.29, 0.717) is 19.8 Å². The Kier molecular flexibility index (Phi) is 8.12. The Balaban J connectivity index is 3.56. The van der Waals surface area contributed by atoms with Crippen LogP contribution in [0.1, 0.15) is 27.2 Å². The van der Waals surface area contributed by atoms with E-state index in [-0.39, 0.29) is 24.0 Å². The molecule has 5 heteroatoms. The highest BCUT2D eigenvalue weighted by atomic mass is 16.5. The second-order valence-electron chi connectivity index (χ2n) is 5.37. The molecular weight excluding hydrogens is 220 g/mol. The normalized spacial score (nSPS) is 13.5. The summed E-state index contributed by atoms with van der Waals surface area (Å²) < 4.78 is 9.89. The number of carbonyl (C=O) groups is 1. The first-order valence-electron chi connectivity index (χ1n) is 5.94. The number of ether oxygens (including phenoxy) is 2. The maximum Gasteiger partial charge on any atom is 0.246 e. The number of amides is 1. The van der Waals surface area contributed by atoms with Crippen LogP contribution in [0.4, 0.5) is 0 Å². The maximum atomic E-state index is 11.3. The molecule has 0 aliphatic rings. The molecule has 0 rings (SSSR count). The van der Waals surface area contributed by atoms with E-state index in [2.05, 4.69) is 26.1 Å². The van der Waals surface area contributed by atoms with Crippen LogP contribution in [0.25, 0.3) is 0 Å². The molecule has 0 bridgehead atoms. The molecule has 0 spiro atoms. The van der Waals surface area contributed by atoms with Gasteiger partial charge in [-0.15, -0.1) is 0 Å². The fraction of sp³-hybridized carbons (Fsp3) is 0.917. The fourth-order valence-corrected chi connectivity index (χ4v) is 1.46. The largest absolute Gasteiger partial charge is 0.382 e. The van der Waals surface area contributed by atoms with Gasteiger partial charge in [0.2, 0.25) is 5.91 Å². The predicted octanol–water partition coefficient (Wildman–Crippen LogP) is 0.529. The van der Waals surface area contributed by atoms with Crippen molar-refractivity contribution in [1.29, 1.82) is 0 Å². The minimum atomic E-state index is -0.134. The van der Waals surface area contributed by atoms with E-state index in [1.165, 1.54) is 0 Å². The molecule has 0 aliphatic carbocycles. The molecule has 0 aromatic carbocycles. The van der Waals surface area contributed by atoms with E-state index < -0.39 is 0 Å². The number of hydrogen-bond acceptors (Lipinski definition) is 4. The van der Waals surface area contributed by atoms with Crippen molar-refractivity contribution in [2.75, 3.05) is 33.5 Å². The summed E-state index contributed by atoms with van der Waals surface area (Å²) in [4.78, 5) is 11.3. The highest BCUT2D eigenvalue weighted by molar-refractivity contribution is 5.77. The lowest BCUT2D eigenvalue weighted by molar-refractivity contribution is -0.126. The fourth-order valence-electron chi connectivity index (χ4n) is 1.46. The van der Waals surface area contributed by atoms with Crippen LogP contribution >= 0.6 is 0 Å². The predicted molar refractivity (Wildman–Crippen MR) is 67.8 cm³/mol. The molecular formula is C12H26N2O3. The molecule has 0 aromatic heterocycles. The average molecular weight is 246 g/mol. The summed E-state index contributed by atoms with van der Waals surface area (Å²) in [5.74, 6) is -0.134. The molecule has 1 amide bonds. The monoisotopic (exact) mass is 246 g/mol. The van der Waals surface area contributed by atoms with Gasteiger partial charge in [-0.25, -0.2) is 0 Å². The minimum absolute atomic E-state index is 0.0158. The summed E-state index contributed by atoms with van der Waals surface area (Å²) in [5.41, 5.74) is 6.09. The van der Waals surface area contributed by atoms with Gasteiger partial charge in [0.25, 0.3) is 0 Å². The van der Waals surface area contributed by atoms with Gasteiger partial charge < -0.3 is 20.5 Å². The van der Waals surface area contributed by atoms with Crippen molar-refractivity contribution in [2.24, 2.45) is 11.1 Å². The summed E-state index contributed by atoms with van der Waals surface area (Å²) in [6, 6.07) is -0.0158. The number of nitrogens with two attached hydrogens (primary N) is 1. The van der Waals surface area contributed by atoms with Crippen molar-refractivity contribution in [3.05, 3.63) is 0 Å². The SMILES string of the molecule is COCCOCC(=O)NCC(N)CC(C)(C)C. The van der Waals surface area contributed by atoms with Crippen molar-refractivity contribution in [3.63, 3.8) is 0 Å². The Morgan fingerprint density at radius 2 is 2.00 bits per heavy atom. The third-order valence-electron chi connectivity index (χ3n) is 2.10. The topological polar surface area (TPSA) is 73.6 Å². The molecule has 0 saturated carbocycles. The van der Waals surface area contributed by atoms with Crippen molar-refractivity contribution in [1.82, 2.24) is 5.32 Å². The average Bonchev–Trinajstić information content (AvgIpc) is 2.19. The van der Waals surface area contributed by atoms with Crippen LogP contribution in [0.3, 0.4) is 0 Å². The lowest BCUT2D eigenvalue weighted by Crippen LogP contribution is -2.40. The summed E-state index contributed by atoms with van der Waals surface area (Å²) >= 11 is 0. The van der Waals surface area contributed by atoms with E-state index in [9.17, 15) is 4.79 Å². The van der Waals surface area contributed by atoms with Crippen molar-refractivity contribution in [2.45, 2.75) is 33.2 Å². The molecule has 1 atom stereocenters. The summed E-state index contributed by atoms with van der Waals surface area (Å²) in [6.45, 7) is 7.86. The Morgan fingerprint density at radius 1 is 1.35 bits per heavy atom. The van der Waals surface area contributed by atoms with Gasteiger partial charge in [0.1, 0.15) is 6.61 Å². The molecule has 0 aliphatic heterocycles. The van der Waals surface area contributed by atoms with Crippen LogP contribution in [0.15, 0.2) is 0 Å². The van der Waals surface area contributed by atoms with Crippen LogP contribution in [0, 0.1) is 5.41 Å². The maximum absolute atomic E-state index is 11.3. The van der Waals surface area contributed by atoms with Crippen LogP contribution < -0.4 is 11.1 Å². The zero-order chi connectivity index (χ0) is 13.3. The number of methoxy groups -OCH3 is 1. The lowest BCUT2D eigenvalue weighted by Gasteiger charge is -2.23. The smallest absolute Gasteiger partial charge is 0.246 e. The molecule has 0 saturated heterocycles. The van der Waals surface area contributed by atoms with E-state index in [4.69, 9.17) is 15.2 Å². The molecule has 0 heterocycles. The van der Waals surface area contributed by atoms with Gasteiger partial charge in [0, 0.05) is 19.7 Å². The first-order chi connectivity index (χ1) is 7.85. The van der Waals surface area contributed by atoms with Gasteiger partial charge in [-0.05, 0) is 11.8 Å². The second kappa shape index (κ2) is 8.44. The summed E-state index contributed by atoms with van der Waals surface area (Å²) in [6.07, 6.45) is 0.873. The Labute approximate surface area is 104 Å². The number of hydrogen-bond donors (Lipinski definition) is 2. The van der Waals surface area contributed by atoms with Gasteiger partial charge in [0.05, 0.1) is 13.2 Å². The second-order valence-corrected chi connectivity index (χ2v) is 5.37. The Hall–Kier alpha value is -0.650. The number of carbonyl (C=O) groups excluding carboxylic acids is 1. The zero-order valence-electron chi connectivity index (χ0n) is 11.4. The highest BCUT2D eigenvalue weighted by Gasteiger charge is 2.15. The van der Waals surface area contributed by atoms with Crippen molar-refractivity contribution < 1.29 is 14.3 Å². The van der Waals surface area contributed by atoms with E-state index in [0.717, 1.165) is 6.42 Å². The summed E-state index contributed by atoms with van der Waals surface area (Å²) in [7, 11) is 1.59. The third-order valence-corrected chi connectivity index (χ3v) is 2.10. The van der Waals surface area contributed by atoms with Crippen molar-refractivity contribution >= 4 is 5.91 Å². The van der Waals surface area contributed by atoms with E-state index in [1.54, 1.807) is 7.11 Å². The first-order valence-corrected chi connectivity index (χ1v) is 5.94. The van der Waals surface area contributed by atoms with Gasteiger partial charge in [-0.3, -0.25) is 4.79 Å². The Bertz CT molecular complexity index is 214. The van der Waals surface area contributed by atoms with E-state index >= 15 is 0 Å². The van der Waals surface area contributed by atoms with Crippen LogP contribution in [-0.4, -0.2) is 45.4 Å². The molecule has 0 radical (unpaired) electrons. The van der Waals surface area contributed by atoms with Crippen LogP contribution in [0.2, 0.25) is 0 Å². The number of nitrogens with one attached hydrogen (secondary N) is 1. The quantitative estimate of drug-likeness (QED) is 0.613. The van der Waals surface area contributed by atoms with Crippen LogP contribution in [-0.2, 0) is 14.3 Å². The van der Waals surface area contributed by atoms with Gasteiger partial charge >= 0.3 is 0 Å². The molecule has 3 N–H and O–H groups in total. The van der Waals surface area contributed by atoms with Gasteiger partial charge in [-0.1, -0.05) is 20.8 Å². The standard InChI is InChI=1S/C12H26N2O3/c1-12(2,3)7-10(13)8-14-11(15)9-17-6-5-16-4/h10H,5-9,13H2,1-4H3,(H,14,15).